The van der Waals surface area contributed by atoms with E-state index < -0.39 is 0 Å². The molecule has 0 aromatic heterocycles. The molecule has 0 spiro atoms. The summed E-state index contributed by atoms with van der Waals surface area (Å²) in [6, 6.07) is 7.16. The number of nitrogens with one attached hydrogen (secondary N) is 2. The monoisotopic (exact) mass is 408 g/mol. The molecule has 0 saturated carbocycles. The van der Waals surface area contributed by atoms with Crippen LogP contribution in [0.1, 0.15) is 24.2 Å². The maximum atomic E-state index is 12.1. The largest absolute Gasteiger partial charge is 0.461 e. The molecule has 1 fully saturated rings. The van der Waals surface area contributed by atoms with Gasteiger partial charge in [-0.05, 0) is 49.6 Å². The fraction of sp³-hybridized carbons (Fsp3) is 0.600. The van der Waals surface area contributed by atoms with Gasteiger partial charge in [0.05, 0.1) is 18.8 Å². The van der Waals surface area contributed by atoms with Crippen LogP contribution >= 0.6 is 12.2 Å². The number of likely N-dealkylation sites (N-methyl/N-ethyl adjacent to an activating group) is 1. The molecular formula is C20H32N4O3S. The van der Waals surface area contributed by atoms with E-state index in [9.17, 15) is 4.79 Å². The van der Waals surface area contributed by atoms with Crippen molar-refractivity contribution < 1.29 is 14.3 Å². The normalized spacial score (nSPS) is 14.7. The maximum Gasteiger partial charge on any atom is 0.338 e. The van der Waals surface area contributed by atoms with Crippen molar-refractivity contribution in [3.8, 4) is 0 Å². The molecule has 1 aliphatic rings. The molecule has 1 aromatic rings. The molecule has 2 rings (SSSR count). The maximum absolute atomic E-state index is 12.1. The molecule has 1 saturated heterocycles. The van der Waals surface area contributed by atoms with Crippen molar-refractivity contribution in [3.63, 3.8) is 0 Å². The molecule has 28 heavy (non-hydrogen) atoms. The topological polar surface area (TPSA) is 66.1 Å². The summed E-state index contributed by atoms with van der Waals surface area (Å²) in [5.41, 5.74) is 1.37. The summed E-state index contributed by atoms with van der Waals surface area (Å²) >= 11 is 5.33. The van der Waals surface area contributed by atoms with Gasteiger partial charge < -0.3 is 25.0 Å². The van der Waals surface area contributed by atoms with Crippen LogP contribution in [0.3, 0.4) is 0 Å². The molecular weight excluding hydrogens is 376 g/mol. The highest BCUT2D eigenvalue weighted by molar-refractivity contribution is 7.80. The number of rotatable bonds is 10. The number of morpholine rings is 1. The Morgan fingerprint density at radius 1 is 1.21 bits per heavy atom. The van der Waals surface area contributed by atoms with Crippen LogP contribution in [0.15, 0.2) is 24.3 Å². The summed E-state index contributed by atoms with van der Waals surface area (Å²) in [5, 5.41) is 6.92. The summed E-state index contributed by atoms with van der Waals surface area (Å²) in [4.78, 5) is 16.7. The van der Waals surface area contributed by atoms with Crippen molar-refractivity contribution >= 4 is 29.0 Å². The molecule has 0 aliphatic carbocycles. The zero-order chi connectivity index (χ0) is 20.2. The fourth-order valence-electron chi connectivity index (χ4n) is 2.91. The summed E-state index contributed by atoms with van der Waals surface area (Å²) in [6.45, 7) is 12.5. The minimum atomic E-state index is -0.301. The van der Waals surface area contributed by atoms with Crippen molar-refractivity contribution in [1.82, 2.24) is 15.1 Å². The zero-order valence-electron chi connectivity index (χ0n) is 16.9. The van der Waals surface area contributed by atoms with Crippen LogP contribution in [-0.2, 0) is 9.47 Å². The Balaban J connectivity index is 1.67. The van der Waals surface area contributed by atoms with Crippen molar-refractivity contribution in [3.05, 3.63) is 29.8 Å². The van der Waals surface area contributed by atoms with Gasteiger partial charge >= 0.3 is 5.97 Å². The highest BCUT2D eigenvalue weighted by atomic mass is 32.1. The Morgan fingerprint density at radius 2 is 1.89 bits per heavy atom. The number of hydrogen-bond donors (Lipinski definition) is 2. The van der Waals surface area contributed by atoms with Crippen molar-refractivity contribution in [1.29, 1.82) is 0 Å². The van der Waals surface area contributed by atoms with Gasteiger partial charge in [0.1, 0.15) is 6.61 Å². The summed E-state index contributed by atoms with van der Waals surface area (Å²) in [7, 11) is 0. The van der Waals surface area contributed by atoms with Crippen LogP contribution in [0.5, 0.6) is 0 Å². The predicted octanol–water partition coefficient (Wildman–Crippen LogP) is 1.80. The van der Waals surface area contributed by atoms with Crippen LogP contribution in [0, 0.1) is 0 Å². The third kappa shape index (κ3) is 8.10. The van der Waals surface area contributed by atoms with E-state index in [1.54, 1.807) is 12.1 Å². The highest BCUT2D eigenvalue weighted by Gasteiger charge is 2.10. The lowest BCUT2D eigenvalue weighted by Gasteiger charge is -2.26. The average molecular weight is 409 g/mol. The summed E-state index contributed by atoms with van der Waals surface area (Å²) < 4.78 is 10.7. The minimum Gasteiger partial charge on any atom is -0.461 e. The lowest BCUT2D eigenvalue weighted by molar-refractivity contribution is 0.0389. The number of hydrogen-bond acceptors (Lipinski definition) is 6. The zero-order valence-corrected chi connectivity index (χ0v) is 17.7. The standard InChI is InChI=1S/C20H32N4O3S/c1-3-23(4-2)13-16-27-19(25)17-5-7-18(8-6-17)22-20(28)21-9-10-24-11-14-26-15-12-24/h5-8H,3-4,9-16H2,1-2H3,(H2,21,22,28). The van der Waals surface area contributed by atoms with Crippen LogP contribution in [-0.4, -0.2) is 86.5 Å². The van der Waals surface area contributed by atoms with Gasteiger partial charge in [-0.1, -0.05) is 13.8 Å². The van der Waals surface area contributed by atoms with Gasteiger partial charge in [-0.25, -0.2) is 4.79 Å². The molecule has 0 unspecified atom stereocenters. The quantitative estimate of drug-likeness (QED) is 0.449. The summed E-state index contributed by atoms with van der Waals surface area (Å²) in [6.07, 6.45) is 0. The lowest BCUT2D eigenvalue weighted by Crippen LogP contribution is -2.42. The second-order valence-electron chi connectivity index (χ2n) is 6.58. The molecule has 0 radical (unpaired) electrons. The molecule has 1 aliphatic heterocycles. The van der Waals surface area contributed by atoms with E-state index in [-0.39, 0.29) is 5.97 Å². The number of nitrogens with zero attached hydrogens (tertiary/aromatic N) is 2. The first-order valence-corrected chi connectivity index (χ1v) is 10.4. The Bertz CT molecular complexity index is 602. The van der Waals surface area contributed by atoms with E-state index in [4.69, 9.17) is 21.7 Å². The van der Waals surface area contributed by atoms with E-state index >= 15 is 0 Å². The highest BCUT2D eigenvalue weighted by Crippen LogP contribution is 2.10. The Morgan fingerprint density at radius 3 is 2.54 bits per heavy atom. The molecule has 8 heteroatoms. The van der Waals surface area contributed by atoms with E-state index in [2.05, 4.69) is 34.3 Å². The van der Waals surface area contributed by atoms with Crippen molar-refractivity contribution in [2.45, 2.75) is 13.8 Å². The average Bonchev–Trinajstić information content (AvgIpc) is 2.72. The molecule has 2 N–H and O–H groups in total. The lowest BCUT2D eigenvalue weighted by atomic mass is 10.2. The number of ether oxygens (including phenoxy) is 2. The van der Waals surface area contributed by atoms with Gasteiger partial charge in [0, 0.05) is 38.4 Å². The van der Waals surface area contributed by atoms with Crippen LogP contribution in [0.25, 0.3) is 0 Å². The number of anilines is 1. The van der Waals surface area contributed by atoms with Crippen molar-refractivity contribution in [2.75, 3.05) is 71.0 Å². The van der Waals surface area contributed by atoms with Gasteiger partial charge in [-0.15, -0.1) is 0 Å². The van der Waals surface area contributed by atoms with E-state index in [1.165, 1.54) is 0 Å². The number of thiocarbonyl (C=S) groups is 1. The van der Waals surface area contributed by atoms with Crippen LogP contribution in [0.2, 0.25) is 0 Å². The molecule has 1 heterocycles. The van der Waals surface area contributed by atoms with Crippen LogP contribution in [0.4, 0.5) is 5.69 Å². The number of esters is 1. The second-order valence-corrected chi connectivity index (χ2v) is 6.98. The smallest absolute Gasteiger partial charge is 0.338 e. The Kier molecular flexibility index (Phi) is 10.2. The van der Waals surface area contributed by atoms with Gasteiger partial charge in [-0.3, -0.25) is 4.90 Å². The molecule has 0 atom stereocenters. The first-order chi connectivity index (χ1) is 13.6. The molecule has 0 amide bonds. The Labute approximate surface area is 173 Å². The Hall–Kier alpha value is -1.74. The SMILES string of the molecule is CCN(CC)CCOC(=O)c1ccc(NC(=S)NCCN2CCOCC2)cc1. The number of carbonyl (C=O) groups is 1. The molecule has 1 aromatic carbocycles. The van der Waals surface area contributed by atoms with E-state index in [0.717, 1.165) is 64.7 Å². The third-order valence-corrected chi connectivity index (χ3v) is 4.98. The first-order valence-electron chi connectivity index (χ1n) is 9.96. The second kappa shape index (κ2) is 12.7. The molecule has 156 valence electrons. The van der Waals surface area contributed by atoms with Gasteiger partial charge in [-0.2, -0.15) is 0 Å². The van der Waals surface area contributed by atoms with Crippen molar-refractivity contribution in [2.24, 2.45) is 0 Å². The predicted molar refractivity (Wildman–Crippen MR) is 116 cm³/mol. The molecule has 7 nitrogen and oxygen atoms in total. The van der Waals surface area contributed by atoms with Gasteiger partial charge in [0.15, 0.2) is 5.11 Å². The first kappa shape index (κ1) is 22.5. The number of benzene rings is 1. The van der Waals surface area contributed by atoms with E-state index in [1.807, 2.05) is 12.1 Å². The summed E-state index contributed by atoms with van der Waals surface area (Å²) in [5.74, 6) is -0.301. The number of carbonyl (C=O) groups excluding carboxylic acids is 1. The van der Waals surface area contributed by atoms with E-state index in [0.29, 0.717) is 17.3 Å². The van der Waals surface area contributed by atoms with Gasteiger partial charge in [0.2, 0.25) is 0 Å². The third-order valence-electron chi connectivity index (χ3n) is 4.73. The molecule has 0 bridgehead atoms. The van der Waals surface area contributed by atoms with Crippen LogP contribution < -0.4 is 10.6 Å². The van der Waals surface area contributed by atoms with Gasteiger partial charge in [0.25, 0.3) is 0 Å². The minimum absolute atomic E-state index is 0.301. The fourth-order valence-corrected chi connectivity index (χ4v) is 3.13.